The smallest absolute Gasteiger partial charge is 0.0471 e. The number of ether oxygens (including phenoxy) is 1. The third-order valence-corrected chi connectivity index (χ3v) is 2.84. The molecule has 0 saturated carbocycles. The van der Waals surface area contributed by atoms with Gasteiger partial charge in [0.2, 0.25) is 0 Å². The van der Waals surface area contributed by atoms with E-state index in [-0.39, 0.29) is 0 Å². The highest BCUT2D eigenvalue weighted by atomic mass is 16.5. The zero-order chi connectivity index (χ0) is 10.4. The molecule has 0 radical (unpaired) electrons. The van der Waals surface area contributed by atoms with Gasteiger partial charge in [-0.15, -0.1) is 0 Å². The molecule has 1 rings (SSSR count). The van der Waals surface area contributed by atoms with Crippen LogP contribution in [0.1, 0.15) is 26.7 Å². The van der Waals surface area contributed by atoms with Crippen molar-refractivity contribution in [2.75, 3.05) is 26.8 Å². The fourth-order valence-corrected chi connectivity index (χ4v) is 1.84. The molecule has 1 saturated heterocycles. The van der Waals surface area contributed by atoms with E-state index in [0.29, 0.717) is 5.92 Å². The van der Waals surface area contributed by atoms with Gasteiger partial charge in [-0.3, -0.25) is 0 Å². The minimum atomic E-state index is 0.658. The van der Waals surface area contributed by atoms with Crippen molar-refractivity contribution in [1.29, 1.82) is 0 Å². The van der Waals surface area contributed by atoms with Crippen molar-refractivity contribution in [3.63, 3.8) is 0 Å². The highest BCUT2D eigenvalue weighted by molar-refractivity contribution is 5.09. The second kappa shape index (κ2) is 6.20. The molecule has 82 valence electrons. The van der Waals surface area contributed by atoms with Crippen LogP contribution in [0, 0.1) is 11.8 Å². The van der Waals surface area contributed by atoms with E-state index in [1.807, 2.05) is 7.05 Å². The predicted molar refractivity (Wildman–Crippen MR) is 60.4 cm³/mol. The lowest BCUT2D eigenvalue weighted by Crippen LogP contribution is -2.18. The van der Waals surface area contributed by atoms with Crippen LogP contribution in [0.25, 0.3) is 0 Å². The van der Waals surface area contributed by atoms with Crippen LogP contribution in [-0.4, -0.2) is 26.8 Å². The molecule has 0 amide bonds. The largest absolute Gasteiger partial charge is 0.381 e. The van der Waals surface area contributed by atoms with E-state index in [1.54, 1.807) is 5.57 Å². The molecule has 2 heteroatoms. The van der Waals surface area contributed by atoms with Crippen molar-refractivity contribution in [3.05, 3.63) is 11.6 Å². The van der Waals surface area contributed by atoms with Gasteiger partial charge in [0.1, 0.15) is 0 Å². The van der Waals surface area contributed by atoms with Crippen LogP contribution >= 0.6 is 0 Å². The van der Waals surface area contributed by atoms with Gasteiger partial charge >= 0.3 is 0 Å². The van der Waals surface area contributed by atoms with E-state index in [0.717, 1.165) is 25.7 Å². The lowest BCUT2D eigenvalue weighted by molar-refractivity contribution is 0.0782. The van der Waals surface area contributed by atoms with Crippen molar-refractivity contribution in [3.8, 4) is 0 Å². The number of likely N-dealkylation sites (N-methyl/N-ethyl adjacent to an activating group) is 1. The second-order valence-electron chi connectivity index (χ2n) is 4.38. The number of hydrogen-bond acceptors (Lipinski definition) is 2. The highest BCUT2D eigenvalue weighted by Crippen LogP contribution is 2.20. The molecule has 2 nitrogen and oxygen atoms in total. The Labute approximate surface area is 87.7 Å². The van der Waals surface area contributed by atoms with Gasteiger partial charge in [-0.2, -0.15) is 0 Å². The second-order valence-corrected chi connectivity index (χ2v) is 4.38. The molecule has 1 aliphatic heterocycles. The Hall–Kier alpha value is -0.340. The molecule has 0 aliphatic carbocycles. The third kappa shape index (κ3) is 3.81. The molecule has 0 unspecified atom stereocenters. The van der Waals surface area contributed by atoms with E-state index in [4.69, 9.17) is 4.74 Å². The first-order valence-corrected chi connectivity index (χ1v) is 5.67. The Kier molecular flexibility index (Phi) is 5.20. The van der Waals surface area contributed by atoms with Gasteiger partial charge < -0.3 is 10.1 Å². The first kappa shape index (κ1) is 11.7. The van der Waals surface area contributed by atoms with E-state index in [2.05, 4.69) is 25.2 Å². The van der Waals surface area contributed by atoms with Gasteiger partial charge in [0.15, 0.2) is 0 Å². The maximum Gasteiger partial charge on any atom is 0.0471 e. The molecule has 0 aromatic carbocycles. The van der Waals surface area contributed by atoms with Crippen LogP contribution < -0.4 is 5.32 Å². The Morgan fingerprint density at radius 3 is 2.57 bits per heavy atom. The number of allylic oxidation sites excluding steroid dienone is 1. The van der Waals surface area contributed by atoms with Crippen LogP contribution in [0.5, 0.6) is 0 Å². The molecule has 1 N–H and O–H groups in total. The number of nitrogens with one attached hydrogen (secondary N) is 1. The van der Waals surface area contributed by atoms with Crippen LogP contribution in [0.4, 0.5) is 0 Å². The minimum absolute atomic E-state index is 0.658. The maximum absolute atomic E-state index is 5.36. The quantitative estimate of drug-likeness (QED) is 0.698. The summed E-state index contributed by atoms with van der Waals surface area (Å²) in [6, 6.07) is 0. The van der Waals surface area contributed by atoms with Gasteiger partial charge in [-0.25, -0.2) is 0 Å². The molecule has 0 aromatic rings. The Bertz CT molecular complexity index is 181. The van der Waals surface area contributed by atoms with E-state index < -0.39 is 0 Å². The van der Waals surface area contributed by atoms with Crippen molar-refractivity contribution >= 4 is 0 Å². The first-order chi connectivity index (χ1) is 6.74. The molecule has 0 aromatic heterocycles. The topological polar surface area (TPSA) is 21.3 Å². The van der Waals surface area contributed by atoms with Crippen LogP contribution in [0.3, 0.4) is 0 Å². The van der Waals surface area contributed by atoms with Gasteiger partial charge in [0, 0.05) is 19.8 Å². The third-order valence-electron chi connectivity index (χ3n) is 2.84. The zero-order valence-electron chi connectivity index (χ0n) is 9.68. The average Bonchev–Trinajstić information content (AvgIpc) is 2.18. The molecule has 1 aliphatic rings. The van der Waals surface area contributed by atoms with Crippen molar-refractivity contribution in [1.82, 2.24) is 5.32 Å². The molecule has 14 heavy (non-hydrogen) atoms. The standard InChI is InChI=1S/C12H23NO/c1-10(2)12(9-13-3)8-11-4-6-14-7-5-11/h8,10-11,13H,4-7,9H2,1-3H3. The van der Waals surface area contributed by atoms with Gasteiger partial charge in [0.05, 0.1) is 0 Å². The molecule has 1 heterocycles. The first-order valence-electron chi connectivity index (χ1n) is 5.67. The summed E-state index contributed by atoms with van der Waals surface area (Å²) in [6.07, 6.45) is 4.85. The summed E-state index contributed by atoms with van der Waals surface area (Å²) >= 11 is 0. The van der Waals surface area contributed by atoms with Gasteiger partial charge in [0.25, 0.3) is 0 Å². The Balaban J connectivity index is 2.50. The van der Waals surface area contributed by atoms with Crippen LogP contribution in [0.15, 0.2) is 11.6 Å². The highest BCUT2D eigenvalue weighted by Gasteiger charge is 2.13. The van der Waals surface area contributed by atoms with E-state index in [9.17, 15) is 0 Å². The van der Waals surface area contributed by atoms with Crippen molar-refractivity contribution in [2.24, 2.45) is 11.8 Å². The molecular formula is C12H23NO. The molecule has 0 bridgehead atoms. The lowest BCUT2D eigenvalue weighted by atomic mass is 9.93. The summed E-state index contributed by atoms with van der Waals surface area (Å²) in [5, 5.41) is 3.24. The van der Waals surface area contributed by atoms with E-state index >= 15 is 0 Å². The van der Waals surface area contributed by atoms with Crippen LogP contribution in [-0.2, 0) is 4.74 Å². The van der Waals surface area contributed by atoms with Crippen molar-refractivity contribution in [2.45, 2.75) is 26.7 Å². The summed E-state index contributed by atoms with van der Waals surface area (Å²) < 4.78 is 5.36. The molecule has 0 atom stereocenters. The van der Waals surface area contributed by atoms with Gasteiger partial charge in [-0.05, 0) is 31.7 Å². The summed E-state index contributed by atoms with van der Waals surface area (Å²) in [6.45, 7) is 7.43. The monoisotopic (exact) mass is 197 g/mol. The zero-order valence-corrected chi connectivity index (χ0v) is 9.68. The fraction of sp³-hybridized carbons (Fsp3) is 0.833. The molecular weight excluding hydrogens is 174 g/mol. The van der Waals surface area contributed by atoms with Crippen LogP contribution in [0.2, 0.25) is 0 Å². The average molecular weight is 197 g/mol. The number of rotatable bonds is 4. The number of hydrogen-bond donors (Lipinski definition) is 1. The summed E-state index contributed by atoms with van der Waals surface area (Å²) in [4.78, 5) is 0. The normalized spacial score (nSPS) is 20.4. The van der Waals surface area contributed by atoms with E-state index in [1.165, 1.54) is 12.8 Å². The predicted octanol–water partition coefficient (Wildman–Crippen LogP) is 2.21. The maximum atomic E-state index is 5.36. The lowest BCUT2D eigenvalue weighted by Gasteiger charge is -2.21. The molecule has 1 fully saturated rings. The Morgan fingerprint density at radius 2 is 2.07 bits per heavy atom. The molecule has 0 spiro atoms. The fourth-order valence-electron chi connectivity index (χ4n) is 1.84. The summed E-state index contributed by atoms with van der Waals surface area (Å²) in [5.74, 6) is 1.40. The van der Waals surface area contributed by atoms with Crippen molar-refractivity contribution < 1.29 is 4.74 Å². The summed E-state index contributed by atoms with van der Waals surface area (Å²) in [7, 11) is 2.01. The SMILES string of the molecule is CNCC(=CC1CCOCC1)C(C)C. The summed E-state index contributed by atoms with van der Waals surface area (Å²) in [5.41, 5.74) is 1.54. The Morgan fingerprint density at radius 1 is 1.43 bits per heavy atom. The van der Waals surface area contributed by atoms with Gasteiger partial charge in [-0.1, -0.05) is 25.5 Å². The minimum Gasteiger partial charge on any atom is -0.381 e.